The normalized spacial score (nSPS) is 18.3. The highest BCUT2D eigenvalue weighted by atomic mass is 79.9. The minimum Gasteiger partial charge on any atom is -0.378 e. The molecule has 0 aromatic heterocycles. The van der Waals surface area contributed by atoms with E-state index in [-0.39, 0.29) is 12.5 Å². The van der Waals surface area contributed by atoms with Crippen molar-refractivity contribution in [3.05, 3.63) is 33.8 Å². The maximum atomic E-state index is 12.3. The number of hydrogen-bond acceptors (Lipinski definition) is 4. The van der Waals surface area contributed by atoms with Gasteiger partial charge in [-0.3, -0.25) is 9.59 Å². The van der Waals surface area contributed by atoms with Crippen LogP contribution in [0.1, 0.15) is 41.6 Å². The number of rotatable bonds is 3. The second kappa shape index (κ2) is 7.15. The van der Waals surface area contributed by atoms with Gasteiger partial charge in [0.2, 0.25) is 5.91 Å². The van der Waals surface area contributed by atoms with Gasteiger partial charge in [-0.05, 0) is 49.9 Å². The van der Waals surface area contributed by atoms with E-state index < -0.39 is 11.8 Å². The van der Waals surface area contributed by atoms with E-state index in [1.54, 1.807) is 19.1 Å². The van der Waals surface area contributed by atoms with E-state index in [4.69, 9.17) is 10.6 Å². The SMILES string of the molecule is Cc1cc(Br)ccc1C(=O)N(N)C(=O)CC1CCCCO1. The lowest BCUT2D eigenvalue weighted by Gasteiger charge is -2.24. The second-order valence-corrected chi connectivity index (χ2v) is 6.14. The third kappa shape index (κ3) is 4.12. The van der Waals surface area contributed by atoms with E-state index in [1.807, 2.05) is 6.07 Å². The summed E-state index contributed by atoms with van der Waals surface area (Å²) in [5, 5.41) is 0.703. The maximum absolute atomic E-state index is 12.3. The second-order valence-electron chi connectivity index (χ2n) is 5.22. The minimum absolute atomic E-state index is 0.129. The van der Waals surface area contributed by atoms with Crippen LogP contribution in [0.25, 0.3) is 0 Å². The topological polar surface area (TPSA) is 72.6 Å². The molecule has 5 nitrogen and oxygen atoms in total. The Labute approximate surface area is 132 Å². The van der Waals surface area contributed by atoms with E-state index in [9.17, 15) is 9.59 Å². The molecule has 2 rings (SSSR count). The van der Waals surface area contributed by atoms with Gasteiger partial charge in [0.1, 0.15) is 0 Å². The van der Waals surface area contributed by atoms with Crippen LogP contribution in [-0.2, 0) is 9.53 Å². The van der Waals surface area contributed by atoms with E-state index in [1.165, 1.54) is 0 Å². The van der Waals surface area contributed by atoms with Gasteiger partial charge in [-0.15, -0.1) is 0 Å². The number of halogens is 1. The predicted molar refractivity (Wildman–Crippen MR) is 82.5 cm³/mol. The molecule has 0 spiro atoms. The molecule has 1 heterocycles. The highest BCUT2D eigenvalue weighted by molar-refractivity contribution is 9.10. The van der Waals surface area contributed by atoms with Gasteiger partial charge in [0.05, 0.1) is 12.5 Å². The monoisotopic (exact) mass is 354 g/mol. The quantitative estimate of drug-likeness (QED) is 0.514. The van der Waals surface area contributed by atoms with Crippen LogP contribution in [0.4, 0.5) is 0 Å². The summed E-state index contributed by atoms with van der Waals surface area (Å²) < 4.78 is 6.38. The van der Waals surface area contributed by atoms with Crippen molar-refractivity contribution in [1.29, 1.82) is 0 Å². The third-order valence-corrected chi connectivity index (χ3v) is 4.08. The van der Waals surface area contributed by atoms with Crippen molar-refractivity contribution in [2.45, 2.75) is 38.7 Å². The molecule has 1 unspecified atom stereocenters. The fraction of sp³-hybridized carbons (Fsp3) is 0.467. The third-order valence-electron chi connectivity index (χ3n) is 3.58. The first-order valence-corrected chi connectivity index (χ1v) is 7.78. The number of imide groups is 1. The Balaban J connectivity index is 2.02. The molecule has 1 aliphatic rings. The Morgan fingerprint density at radius 1 is 1.43 bits per heavy atom. The number of aryl methyl sites for hydroxylation is 1. The first kappa shape index (κ1) is 16.1. The lowest BCUT2D eigenvalue weighted by Crippen LogP contribution is -2.44. The zero-order valence-corrected chi connectivity index (χ0v) is 13.6. The average molecular weight is 355 g/mol. The Bertz CT molecular complexity index is 542. The number of amides is 2. The van der Waals surface area contributed by atoms with Crippen LogP contribution in [0.2, 0.25) is 0 Å². The van der Waals surface area contributed by atoms with Crippen LogP contribution in [0, 0.1) is 6.92 Å². The van der Waals surface area contributed by atoms with Crippen LogP contribution >= 0.6 is 15.9 Å². The van der Waals surface area contributed by atoms with E-state index >= 15 is 0 Å². The summed E-state index contributed by atoms with van der Waals surface area (Å²) in [6, 6.07) is 5.23. The van der Waals surface area contributed by atoms with Gasteiger partial charge in [-0.25, -0.2) is 10.9 Å². The fourth-order valence-corrected chi connectivity index (χ4v) is 2.85. The van der Waals surface area contributed by atoms with Crippen LogP contribution in [-0.4, -0.2) is 29.5 Å². The molecule has 1 atom stereocenters. The molecule has 1 saturated heterocycles. The molecule has 21 heavy (non-hydrogen) atoms. The summed E-state index contributed by atoms with van der Waals surface area (Å²) in [5.74, 6) is 4.79. The summed E-state index contributed by atoms with van der Waals surface area (Å²) in [7, 11) is 0. The van der Waals surface area contributed by atoms with E-state index in [0.717, 1.165) is 29.3 Å². The summed E-state index contributed by atoms with van der Waals surface area (Å²) in [6.07, 6.45) is 2.93. The van der Waals surface area contributed by atoms with E-state index in [2.05, 4.69) is 15.9 Å². The number of ether oxygens (including phenoxy) is 1. The standard InChI is InChI=1S/C15H19BrN2O3/c1-10-8-11(16)5-6-13(10)15(20)18(17)14(19)9-12-4-2-3-7-21-12/h5-6,8,12H,2-4,7,9,17H2,1H3. The van der Waals surface area contributed by atoms with Gasteiger partial charge in [0.25, 0.3) is 5.91 Å². The molecular weight excluding hydrogens is 336 g/mol. The van der Waals surface area contributed by atoms with Crippen molar-refractivity contribution in [3.8, 4) is 0 Å². The zero-order chi connectivity index (χ0) is 15.4. The molecule has 6 heteroatoms. The number of nitrogens with two attached hydrogens (primary N) is 1. The summed E-state index contributed by atoms with van der Waals surface area (Å²) in [6.45, 7) is 2.48. The first-order chi connectivity index (χ1) is 9.99. The Morgan fingerprint density at radius 3 is 2.81 bits per heavy atom. The molecule has 114 valence electrons. The lowest BCUT2D eigenvalue weighted by molar-refractivity contribution is -0.132. The molecule has 1 aromatic rings. The highest BCUT2D eigenvalue weighted by Crippen LogP contribution is 2.19. The number of carbonyl (C=O) groups is 2. The number of hydrogen-bond donors (Lipinski definition) is 1. The van der Waals surface area contributed by atoms with Crippen molar-refractivity contribution in [1.82, 2.24) is 5.01 Å². The molecule has 1 aromatic carbocycles. The number of benzene rings is 1. The predicted octanol–water partition coefficient (Wildman–Crippen LogP) is 2.56. The number of carbonyl (C=O) groups excluding carboxylic acids is 2. The molecule has 1 fully saturated rings. The first-order valence-electron chi connectivity index (χ1n) is 6.99. The molecule has 0 aliphatic carbocycles. The van der Waals surface area contributed by atoms with Gasteiger partial charge < -0.3 is 4.74 Å². The zero-order valence-electron chi connectivity index (χ0n) is 12.0. The fourth-order valence-electron chi connectivity index (χ4n) is 2.37. The summed E-state index contributed by atoms with van der Waals surface area (Å²) >= 11 is 3.34. The molecule has 1 aliphatic heterocycles. The smallest absolute Gasteiger partial charge is 0.275 e. The van der Waals surface area contributed by atoms with Crippen molar-refractivity contribution in [3.63, 3.8) is 0 Å². The van der Waals surface area contributed by atoms with Crippen LogP contribution in [0.3, 0.4) is 0 Å². The van der Waals surface area contributed by atoms with Gasteiger partial charge >= 0.3 is 0 Å². The molecule has 2 amide bonds. The summed E-state index contributed by atoms with van der Waals surface area (Å²) in [5.41, 5.74) is 1.20. The Morgan fingerprint density at radius 2 is 2.19 bits per heavy atom. The van der Waals surface area contributed by atoms with Gasteiger partial charge in [0.15, 0.2) is 0 Å². The molecule has 0 saturated carbocycles. The lowest BCUT2D eigenvalue weighted by atomic mass is 10.1. The molecule has 0 radical (unpaired) electrons. The van der Waals surface area contributed by atoms with Crippen LogP contribution < -0.4 is 5.84 Å². The minimum atomic E-state index is -0.485. The molecule has 0 bridgehead atoms. The Hall–Kier alpha value is -1.24. The van der Waals surface area contributed by atoms with Crippen molar-refractivity contribution >= 4 is 27.7 Å². The number of hydrazine groups is 1. The van der Waals surface area contributed by atoms with Crippen molar-refractivity contribution in [2.75, 3.05) is 6.61 Å². The van der Waals surface area contributed by atoms with Crippen LogP contribution in [0.5, 0.6) is 0 Å². The number of nitrogens with zero attached hydrogens (tertiary/aromatic N) is 1. The van der Waals surface area contributed by atoms with Crippen LogP contribution in [0.15, 0.2) is 22.7 Å². The highest BCUT2D eigenvalue weighted by Gasteiger charge is 2.25. The molecular formula is C15H19BrN2O3. The average Bonchev–Trinajstić information content (AvgIpc) is 2.47. The Kier molecular flexibility index (Phi) is 5.50. The van der Waals surface area contributed by atoms with Gasteiger partial charge in [0, 0.05) is 16.6 Å². The van der Waals surface area contributed by atoms with Gasteiger partial charge in [-0.2, -0.15) is 0 Å². The maximum Gasteiger partial charge on any atom is 0.275 e. The largest absolute Gasteiger partial charge is 0.378 e. The van der Waals surface area contributed by atoms with Crippen molar-refractivity contribution in [2.24, 2.45) is 5.84 Å². The molecule has 2 N–H and O–H groups in total. The van der Waals surface area contributed by atoms with Gasteiger partial charge in [-0.1, -0.05) is 15.9 Å². The van der Waals surface area contributed by atoms with Crippen molar-refractivity contribution < 1.29 is 14.3 Å². The summed E-state index contributed by atoms with van der Waals surface area (Å²) in [4.78, 5) is 24.4. The van der Waals surface area contributed by atoms with E-state index in [0.29, 0.717) is 17.2 Å².